The zero-order valence-corrected chi connectivity index (χ0v) is 21.2. The van der Waals surface area contributed by atoms with Gasteiger partial charge in [0.15, 0.2) is 0 Å². The summed E-state index contributed by atoms with van der Waals surface area (Å²) in [7, 11) is 0. The van der Waals surface area contributed by atoms with Gasteiger partial charge in [0.05, 0.1) is 11.6 Å². The van der Waals surface area contributed by atoms with Gasteiger partial charge in [0.1, 0.15) is 11.6 Å². The molecule has 0 heterocycles. The zero-order valence-electron chi connectivity index (χ0n) is 21.2. The molecule has 0 saturated carbocycles. The van der Waals surface area contributed by atoms with Gasteiger partial charge in [0, 0.05) is 13.1 Å². The number of hydrogen-bond donors (Lipinski definition) is 1. The molecule has 0 aliphatic rings. The van der Waals surface area contributed by atoms with Gasteiger partial charge in [-0.3, -0.25) is 4.79 Å². The number of hydrogen-bond acceptors (Lipinski definition) is 4. The first-order chi connectivity index (χ1) is 16.1. The molecule has 182 valence electrons. The summed E-state index contributed by atoms with van der Waals surface area (Å²) in [6.45, 7) is 12.4. The van der Waals surface area contributed by atoms with Gasteiger partial charge < -0.3 is 15.0 Å². The number of carbonyl (C=O) groups is 2. The molecule has 1 atom stereocenters. The van der Waals surface area contributed by atoms with Crippen molar-refractivity contribution in [2.24, 2.45) is 5.92 Å². The van der Waals surface area contributed by atoms with E-state index in [-0.39, 0.29) is 11.8 Å². The number of nitriles is 1. The number of rotatable bonds is 9. The van der Waals surface area contributed by atoms with Crippen LogP contribution in [0.15, 0.2) is 48.5 Å². The summed E-state index contributed by atoms with van der Waals surface area (Å²) in [5.74, 6) is -0.206. The highest BCUT2D eigenvalue weighted by molar-refractivity contribution is 5.86. The van der Waals surface area contributed by atoms with E-state index in [9.17, 15) is 14.9 Å². The fourth-order valence-corrected chi connectivity index (χ4v) is 3.60. The Labute approximate surface area is 203 Å². The molecule has 1 N–H and O–H groups in total. The fourth-order valence-electron chi connectivity index (χ4n) is 3.60. The molecule has 2 amide bonds. The molecule has 6 nitrogen and oxygen atoms in total. The Morgan fingerprint density at radius 1 is 1.09 bits per heavy atom. The molecule has 0 fully saturated rings. The number of benzene rings is 2. The van der Waals surface area contributed by atoms with E-state index in [2.05, 4.69) is 18.3 Å². The van der Waals surface area contributed by atoms with Crippen LogP contribution in [0.3, 0.4) is 0 Å². The third kappa shape index (κ3) is 7.91. The summed E-state index contributed by atoms with van der Waals surface area (Å²) in [6.07, 6.45) is 1.24. The second kappa shape index (κ2) is 12.2. The number of unbranched alkanes of at least 4 members (excludes halogenated alkanes) is 1. The molecule has 0 spiro atoms. The number of nitrogens with zero attached hydrogens (tertiary/aromatic N) is 2. The average Bonchev–Trinajstić information content (AvgIpc) is 2.78. The molecule has 6 heteroatoms. The third-order valence-corrected chi connectivity index (χ3v) is 5.38. The molecule has 0 radical (unpaired) electrons. The maximum Gasteiger partial charge on any atom is 0.408 e. The van der Waals surface area contributed by atoms with Crippen molar-refractivity contribution in [2.75, 3.05) is 6.54 Å². The maximum absolute atomic E-state index is 13.5. The Hall–Kier alpha value is -3.33. The van der Waals surface area contributed by atoms with Crippen LogP contribution in [0.2, 0.25) is 0 Å². The third-order valence-electron chi connectivity index (χ3n) is 5.38. The number of carbonyl (C=O) groups excluding carboxylic acids is 2. The van der Waals surface area contributed by atoms with Gasteiger partial charge >= 0.3 is 6.09 Å². The van der Waals surface area contributed by atoms with Crippen molar-refractivity contribution < 1.29 is 14.3 Å². The first-order valence-electron chi connectivity index (χ1n) is 11.9. The van der Waals surface area contributed by atoms with Gasteiger partial charge in [-0.15, -0.1) is 0 Å². The largest absolute Gasteiger partial charge is 0.444 e. The second-order valence-electron chi connectivity index (χ2n) is 9.84. The number of nitrogens with one attached hydrogen (secondary N) is 1. The highest BCUT2D eigenvalue weighted by atomic mass is 16.6. The van der Waals surface area contributed by atoms with Crippen molar-refractivity contribution in [1.29, 1.82) is 5.26 Å². The summed E-state index contributed by atoms with van der Waals surface area (Å²) in [6, 6.07) is 17.0. The molecule has 0 aliphatic heterocycles. The van der Waals surface area contributed by atoms with Gasteiger partial charge in [-0.2, -0.15) is 5.26 Å². The Kier molecular flexibility index (Phi) is 9.68. The zero-order chi connectivity index (χ0) is 25.3. The quantitative estimate of drug-likeness (QED) is 0.502. The molecule has 1 unspecified atom stereocenters. The summed E-state index contributed by atoms with van der Waals surface area (Å²) in [4.78, 5) is 27.7. The first-order valence-corrected chi connectivity index (χ1v) is 11.9. The monoisotopic (exact) mass is 463 g/mol. The van der Waals surface area contributed by atoms with Crippen LogP contribution < -0.4 is 5.32 Å². The van der Waals surface area contributed by atoms with E-state index >= 15 is 0 Å². The van der Waals surface area contributed by atoms with Crippen LogP contribution in [0.4, 0.5) is 4.79 Å². The fraction of sp³-hybridized carbons (Fsp3) is 0.464. The summed E-state index contributed by atoms with van der Waals surface area (Å²) < 4.78 is 5.38. The summed E-state index contributed by atoms with van der Waals surface area (Å²) in [5.41, 5.74) is 2.82. The summed E-state index contributed by atoms with van der Waals surface area (Å²) in [5, 5.41) is 12.2. The molecule has 0 aliphatic carbocycles. The second-order valence-corrected chi connectivity index (χ2v) is 9.84. The highest BCUT2D eigenvalue weighted by Crippen LogP contribution is 2.24. The predicted molar refractivity (Wildman–Crippen MR) is 135 cm³/mol. The molecule has 0 aromatic heterocycles. The van der Waals surface area contributed by atoms with E-state index in [1.807, 2.05) is 61.2 Å². The lowest BCUT2D eigenvalue weighted by Crippen LogP contribution is -2.52. The smallest absolute Gasteiger partial charge is 0.408 e. The Morgan fingerprint density at radius 3 is 2.29 bits per heavy atom. The van der Waals surface area contributed by atoms with E-state index in [4.69, 9.17) is 4.74 Å². The Morgan fingerprint density at radius 2 is 1.74 bits per heavy atom. The van der Waals surface area contributed by atoms with E-state index < -0.39 is 17.7 Å². The Bertz CT molecular complexity index is 1000. The van der Waals surface area contributed by atoms with E-state index in [1.54, 1.807) is 26.8 Å². The van der Waals surface area contributed by atoms with Crippen molar-refractivity contribution in [3.05, 3.63) is 59.7 Å². The molecule has 0 bridgehead atoms. The van der Waals surface area contributed by atoms with Gasteiger partial charge in [-0.25, -0.2) is 4.79 Å². The van der Waals surface area contributed by atoms with Crippen molar-refractivity contribution in [3.63, 3.8) is 0 Å². The normalized spacial score (nSPS) is 12.1. The van der Waals surface area contributed by atoms with Crippen LogP contribution in [0, 0.1) is 17.2 Å². The van der Waals surface area contributed by atoms with Crippen LogP contribution in [0.5, 0.6) is 0 Å². The minimum atomic E-state index is -0.673. The van der Waals surface area contributed by atoms with Gasteiger partial charge in [0.2, 0.25) is 5.91 Å². The van der Waals surface area contributed by atoms with E-state index in [0.717, 1.165) is 29.5 Å². The van der Waals surface area contributed by atoms with E-state index in [1.165, 1.54) is 0 Å². The lowest BCUT2D eigenvalue weighted by molar-refractivity contribution is -0.135. The van der Waals surface area contributed by atoms with Crippen molar-refractivity contribution >= 4 is 12.0 Å². The average molecular weight is 464 g/mol. The molecule has 2 aromatic rings. The number of alkyl carbamates (subject to hydrolysis) is 1. The minimum absolute atomic E-state index is 0.0889. The SMILES string of the molecule is CCCCN(Cc1ccc(-c2ccccc2C#N)cc1)C(=O)C(NC(=O)OC(C)(C)C)C(C)C. The van der Waals surface area contributed by atoms with Gasteiger partial charge in [-0.1, -0.05) is 69.7 Å². The topological polar surface area (TPSA) is 82.4 Å². The first kappa shape index (κ1) is 26.9. The van der Waals surface area contributed by atoms with E-state index in [0.29, 0.717) is 18.7 Å². The van der Waals surface area contributed by atoms with Crippen LogP contribution in [-0.4, -0.2) is 35.1 Å². The minimum Gasteiger partial charge on any atom is -0.444 e. The molecule has 0 saturated heterocycles. The van der Waals surface area contributed by atoms with Crippen molar-refractivity contribution in [1.82, 2.24) is 10.2 Å². The maximum atomic E-state index is 13.5. The lowest BCUT2D eigenvalue weighted by atomic mass is 9.99. The molecular formula is C28H37N3O3. The van der Waals surface area contributed by atoms with Crippen LogP contribution in [0.25, 0.3) is 11.1 Å². The Balaban J connectivity index is 2.21. The number of amides is 2. The molecular weight excluding hydrogens is 426 g/mol. The predicted octanol–water partition coefficient (Wildman–Crippen LogP) is 5.90. The highest BCUT2D eigenvalue weighted by Gasteiger charge is 2.30. The van der Waals surface area contributed by atoms with Gasteiger partial charge in [-0.05, 0) is 55.9 Å². The molecule has 34 heavy (non-hydrogen) atoms. The standard InChI is InChI=1S/C28H37N3O3/c1-7-8-17-31(26(32)25(20(2)3)30-27(33)34-28(4,5)6)19-21-13-15-22(16-14-21)24-12-10-9-11-23(24)18-29/h9-16,20,25H,7-8,17,19H2,1-6H3,(H,30,33). The van der Waals surface area contributed by atoms with Crippen molar-refractivity contribution in [3.8, 4) is 17.2 Å². The number of ether oxygens (including phenoxy) is 1. The van der Waals surface area contributed by atoms with Gasteiger partial charge in [0.25, 0.3) is 0 Å². The van der Waals surface area contributed by atoms with Crippen molar-refractivity contribution in [2.45, 2.75) is 72.6 Å². The summed E-state index contributed by atoms with van der Waals surface area (Å²) >= 11 is 0. The lowest BCUT2D eigenvalue weighted by Gasteiger charge is -2.31. The molecule has 2 aromatic carbocycles. The van der Waals surface area contributed by atoms with Crippen LogP contribution >= 0.6 is 0 Å². The van der Waals surface area contributed by atoms with Crippen LogP contribution in [-0.2, 0) is 16.1 Å². The molecule has 2 rings (SSSR count). The van der Waals surface area contributed by atoms with Crippen LogP contribution in [0.1, 0.15) is 65.5 Å².